The van der Waals surface area contributed by atoms with Crippen LogP contribution in [0.2, 0.25) is 0 Å². The summed E-state index contributed by atoms with van der Waals surface area (Å²) in [5.41, 5.74) is 2.39. The molecule has 0 bridgehead atoms. The highest BCUT2D eigenvalue weighted by Gasteiger charge is 2.26. The zero-order valence-electron chi connectivity index (χ0n) is 10.3. The highest BCUT2D eigenvalue weighted by Crippen LogP contribution is 2.31. The zero-order chi connectivity index (χ0) is 12.4. The van der Waals surface area contributed by atoms with Gasteiger partial charge in [-0.3, -0.25) is 4.98 Å². The molecular weight excluding hydrogens is 244 g/mol. The second-order valence-corrected chi connectivity index (χ2v) is 5.67. The molecule has 3 heteroatoms. The highest BCUT2D eigenvalue weighted by atomic mass is 35.5. The third-order valence-electron chi connectivity index (χ3n) is 3.67. The van der Waals surface area contributed by atoms with E-state index in [9.17, 15) is 0 Å². The summed E-state index contributed by atoms with van der Waals surface area (Å²) < 4.78 is 0. The van der Waals surface area contributed by atoms with E-state index >= 15 is 0 Å². The Morgan fingerprint density at radius 3 is 2.89 bits per heavy atom. The van der Waals surface area contributed by atoms with Crippen molar-refractivity contribution in [3.8, 4) is 0 Å². The molecule has 0 saturated heterocycles. The molecule has 18 heavy (non-hydrogen) atoms. The van der Waals surface area contributed by atoms with Crippen LogP contribution in [-0.4, -0.2) is 16.9 Å². The topological polar surface area (TPSA) is 24.9 Å². The number of aromatic nitrogens is 1. The molecule has 0 aliphatic heterocycles. The summed E-state index contributed by atoms with van der Waals surface area (Å²) >= 11 is 5.98. The number of hydrogen-bond acceptors (Lipinski definition) is 2. The lowest BCUT2D eigenvalue weighted by Crippen LogP contribution is -2.33. The zero-order valence-corrected chi connectivity index (χ0v) is 11.0. The van der Waals surface area contributed by atoms with E-state index in [4.69, 9.17) is 11.6 Å². The minimum absolute atomic E-state index is 0.415. The monoisotopic (exact) mass is 260 g/mol. The van der Waals surface area contributed by atoms with Gasteiger partial charge in [0, 0.05) is 23.5 Å². The molecule has 0 amide bonds. The van der Waals surface area contributed by atoms with E-state index in [1.54, 1.807) is 0 Å². The summed E-state index contributed by atoms with van der Waals surface area (Å²) in [7, 11) is 0. The quantitative estimate of drug-likeness (QED) is 0.853. The van der Waals surface area contributed by atoms with Crippen molar-refractivity contribution in [3.05, 3.63) is 42.1 Å². The van der Waals surface area contributed by atoms with Crippen molar-refractivity contribution in [1.29, 1.82) is 0 Å². The van der Waals surface area contributed by atoms with Gasteiger partial charge in [-0.15, -0.1) is 11.6 Å². The average Bonchev–Trinajstić information content (AvgIpc) is 2.37. The van der Waals surface area contributed by atoms with Gasteiger partial charge in [-0.1, -0.05) is 18.2 Å². The Balaban J connectivity index is 1.64. The van der Waals surface area contributed by atoms with Crippen LogP contribution >= 0.6 is 11.6 Å². The molecule has 94 valence electrons. The predicted molar refractivity (Wildman–Crippen MR) is 75.8 cm³/mol. The Morgan fingerprint density at radius 2 is 2.06 bits per heavy atom. The average molecular weight is 261 g/mol. The van der Waals surface area contributed by atoms with E-state index < -0.39 is 0 Å². The van der Waals surface area contributed by atoms with Gasteiger partial charge in [0.2, 0.25) is 0 Å². The lowest BCUT2D eigenvalue weighted by molar-refractivity contribution is 0.308. The predicted octanol–water partition coefficient (Wildman–Crippen LogP) is 3.34. The van der Waals surface area contributed by atoms with Crippen LogP contribution in [0.25, 0.3) is 10.9 Å². The van der Waals surface area contributed by atoms with Gasteiger partial charge in [0.1, 0.15) is 0 Å². The number of rotatable bonds is 4. The van der Waals surface area contributed by atoms with Crippen molar-refractivity contribution in [2.24, 2.45) is 5.92 Å². The third kappa shape index (κ3) is 2.50. The van der Waals surface area contributed by atoms with Crippen LogP contribution in [0.3, 0.4) is 0 Å². The van der Waals surface area contributed by atoms with Gasteiger partial charge >= 0.3 is 0 Å². The van der Waals surface area contributed by atoms with Crippen LogP contribution in [0, 0.1) is 5.92 Å². The molecule has 0 radical (unpaired) electrons. The fourth-order valence-corrected chi connectivity index (χ4v) is 3.05. The number of pyridine rings is 1. The lowest BCUT2D eigenvalue weighted by atomic mass is 9.85. The summed E-state index contributed by atoms with van der Waals surface area (Å²) in [6, 6.07) is 10.4. The number of benzene rings is 1. The van der Waals surface area contributed by atoms with Gasteiger partial charge in [0.05, 0.1) is 5.52 Å². The fraction of sp³-hybridized carbons (Fsp3) is 0.400. The van der Waals surface area contributed by atoms with Crippen LogP contribution in [0.1, 0.15) is 18.4 Å². The highest BCUT2D eigenvalue weighted by molar-refractivity contribution is 6.21. The normalized spacial score (nSPS) is 22.9. The summed E-state index contributed by atoms with van der Waals surface area (Å²) in [6.45, 7) is 1.98. The van der Waals surface area contributed by atoms with Crippen molar-refractivity contribution in [2.75, 3.05) is 6.54 Å². The van der Waals surface area contributed by atoms with Crippen LogP contribution < -0.4 is 5.32 Å². The van der Waals surface area contributed by atoms with Crippen LogP contribution in [0.15, 0.2) is 36.5 Å². The molecule has 1 aliphatic rings. The molecule has 1 heterocycles. The molecule has 1 saturated carbocycles. The Labute approximate surface area is 112 Å². The maximum atomic E-state index is 5.98. The van der Waals surface area contributed by atoms with Gasteiger partial charge in [0.15, 0.2) is 0 Å². The summed E-state index contributed by atoms with van der Waals surface area (Å²) in [5, 5.41) is 5.19. The van der Waals surface area contributed by atoms with Crippen molar-refractivity contribution in [1.82, 2.24) is 10.3 Å². The summed E-state index contributed by atoms with van der Waals surface area (Å²) in [4.78, 5) is 4.38. The Morgan fingerprint density at radius 1 is 1.22 bits per heavy atom. The maximum absolute atomic E-state index is 5.98. The second-order valence-electron chi connectivity index (χ2n) is 5.05. The first-order valence-corrected chi connectivity index (χ1v) is 6.94. The first kappa shape index (κ1) is 11.9. The molecule has 3 rings (SSSR count). The van der Waals surface area contributed by atoms with E-state index in [1.165, 1.54) is 10.9 Å². The number of nitrogens with zero attached hydrogens (tertiary/aromatic N) is 1. The number of nitrogens with one attached hydrogen (secondary N) is 1. The van der Waals surface area contributed by atoms with E-state index in [1.807, 2.05) is 12.3 Å². The van der Waals surface area contributed by atoms with Crippen molar-refractivity contribution in [2.45, 2.75) is 24.8 Å². The first-order chi connectivity index (χ1) is 8.83. The van der Waals surface area contributed by atoms with Gasteiger partial charge in [-0.2, -0.15) is 0 Å². The van der Waals surface area contributed by atoms with Gasteiger partial charge < -0.3 is 5.32 Å². The molecule has 0 spiro atoms. The molecule has 2 nitrogen and oxygen atoms in total. The molecule has 1 aromatic carbocycles. The van der Waals surface area contributed by atoms with Gasteiger partial charge in [-0.25, -0.2) is 0 Å². The number of hydrogen-bond donors (Lipinski definition) is 1. The molecule has 1 fully saturated rings. The van der Waals surface area contributed by atoms with E-state index in [0.717, 1.165) is 37.4 Å². The van der Waals surface area contributed by atoms with Gasteiger partial charge in [-0.05, 0) is 43.0 Å². The molecule has 0 unspecified atom stereocenters. The molecule has 1 aliphatic carbocycles. The minimum atomic E-state index is 0.415. The SMILES string of the molecule is ClC1CC(CNCc2ccnc3ccccc23)C1. The smallest absolute Gasteiger partial charge is 0.0705 e. The lowest BCUT2D eigenvalue weighted by Gasteiger charge is -2.31. The maximum Gasteiger partial charge on any atom is 0.0705 e. The van der Waals surface area contributed by atoms with Crippen LogP contribution in [0.5, 0.6) is 0 Å². The number of fused-ring (bicyclic) bond motifs is 1. The fourth-order valence-electron chi connectivity index (χ4n) is 2.54. The largest absolute Gasteiger partial charge is 0.312 e. The summed E-state index contributed by atoms with van der Waals surface area (Å²) in [6.07, 6.45) is 4.20. The number of alkyl halides is 1. The summed E-state index contributed by atoms with van der Waals surface area (Å²) in [5.74, 6) is 0.764. The minimum Gasteiger partial charge on any atom is -0.312 e. The number of halogens is 1. The van der Waals surface area contributed by atoms with E-state index in [0.29, 0.717) is 5.38 Å². The Kier molecular flexibility index (Phi) is 3.48. The standard InChI is InChI=1S/C15H17ClN2/c16-13-7-11(8-13)9-17-10-12-5-6-18-15-4-2-1-3-14(12)15/h1-6,11,13,17H,7-10H2. The van der Waals surface area contributed by atoms with Crippen molar-refractivity contribution < 1.29 is 0 Å². The van der Waals surface area contributed by atoms with Crippen molar-refractivity contribution in [3.63, 3.8) is 0 Å². The number of para-hydroxylation sites is 1. The molecule has 2 aromatic rings. The first-order valence-electron chi connectivity index (χ1n) is 6.50. The molecule has 1 aromatic heterocycles. The molecule has 0 atom stereocenters. The molecule has 1 N–H and O–H groups in total. The Hall–Kier alpha value is -1.12. The third-order valence-corrected chi connectivity index (χ3v) is 4.02. The van der Waals surface area contributed by atoms with Crippen LogP contribution in [-0.2, 0) is 6.54 Å². The van der Waals surface area contributed by atoms with Gasteiger partial charge in [0.25, 0.3) is 0 Å². The second kappa shape index (κ2) is 5.25. The van der Waals surface area contributed by atoms with Crippen molar-refractivity contribution >= 4 is 22.5 Å². The Bertz CT molecular complexity index is 530. The molecular formula is C15H17ClN2. The van der Waals surface area contributed by atoms with Crippen LogP contribution in [0.4, 0.5) is 0 Å². The van der Waals surface area contributed by atoms with E-state index in [-0.39, 0.29) is 0 Å². The van der Waals surface area contributed by atoms with E-state index in [2.05, 4.69) is 34.6 Å².